The lowest BCUT2D eigenvalue weighted by Gasteiger charge is -2.18. The predicted molar refractivity (Wildman–Crippen MR) is 126 cm³/mol. The van der Waals surface area contributed by atoms with Crippen molar-refractivity contribution < 1.29 is 39.3 Å². The summed E-state index contributed by atoms with van der Waals surface area (Å²) < 4.78 is 10.6. The zero-order valence-corrected chi connectivity index (χ0v) is 19.6. The maximum absolute atomic E-state index is 12.4. The van der Waals surface area contributed by atoms with Crippen LogP contribution in [0.3, 0.4) is 0 Å². The summed E-state index contributed by atoms with van der Waals surface area (Å²) in [5.74, 6) is -0.968. The number of nitrogens with one attached hydrogen (secondary N) is 3. The molecule has 2 amide bonds. The Morgan fingerprint density at radius 1 is 1.22 bits per heavy atom. The maximum Gasteiger partial charge on any atom is 0.369 e. The van der Waals surface area contributed by atoms with Crippen molar-refractivity contribution in [1.29, 1.82) is 0 Å². The molecule has 1 saturated carbocycles. The van der Waals surface area contributed by atoms with Crippen LogP contribution in [0.2, 0.25) is 0 Å². The van der Waals surface area contributed by atoms with E-state index in [0.29, 0.717) is 17.8 Å². The smallest absolute Gasteiger partial charge is 0.369 e. The number of carbonyl (C=O) groups excluding carboxylic acids is 2. The Morgan fingerprint density at radius 3 is 2.51 bits per heavy atom. The van der Waals surface area contributed by atoms with Gasteiger partial charge in [-0.2, -0.15) is 4.98 Å². The van der Waals surface area contributed by atoms with E-state index in [2.05, 4.69) is 31.0 Å². The number of para-hydroxylation sites is 1. The van der Waals surface area contributed by atoms with Crippen LogP contribution in [0.15, 0.2) is 35.1 Å². The van der Waals surface area contributed by atoms with E-state index in [1.165, 1.54) is 19.5 Å². The average Bonchev–Trinajstić information content (AvgIpc) is 3.57. The number of hydrogen-bond donors (Lipinski definition) is 8. The number of ether oxygens (including phenoxy) is 1. The first-order valence-electron chi connectivity index (χ1n) is 10.9. The number of benzene rings is 1. The molecule has 1 aromatic carbocycles. The lowest BCUT2D eigenvalue weighted by atomic mass is 10.1. The number of methoxy groups -OCH3 is 1. The molecule has 2 heterocycles. The van der Waals surface area contributed by atoms with Gasteiger partial charge in [-0.05, 0) is 25.0 Å². The van der Waals surface area contributed by atoms with E-state index in [9.17, 15) is 9.59 Å². The molecular formula is C21H26N8O8. The van der Waals surface area contributed by atoms with Gasteiger partial charge in [0.15, 0.2) is 23.6 Å². The lowest BCUT2D eigenvalue weighted by Crippen LogP contribution is -2.48. The normalized spacial score (nSPS) is 12.7. The number of aliphatic hydroxyl groups is 4. The molecule has 0 saturated heterocycles. The Bertz CT molecular complexity index is 1210. The molecule has 37 heavy (non-hydrogen) atoms. The minimum Gasteiger partial charge on any atom is -0.494 e. The minimum absolute atomic E-state index is 0.0128. The summed E-state index contributed by atoms with van der Waals surface area (Å²) in [6.45, 7) is 0.472. The van der Waals surface area contributed by atoms with Gasteiger partial charge in [-0.25, -0.2) is 0 Å². The van der Waals surface area contributed by atoms with Crippen LogP contribution in [0.1, 0.15) is 23.3 Å². The van der Waals surface area contributed by atoms with Crippen LogP contribution < -0.4 is 26.4 Å². The van der Waals surface area contributed by atoms with Gasteiger partial charge in [0.2, 0.25) is 5.91 Å². The van der Waals surface area contributed by atoms with Crippen molar-refractivity contribution in [3.8, 4) is 17.2 Å². The number of carbonyl (C=O) groups is 2. The third-order valence-corrected chi connectivity index (χ3v) is 4.70. The highest BCUT2D eigenvalue weighted by atomic mass is 16.7. The predicted octanol–water partition coefficient (Wildman–Crippen LogP) is -1.12. The number of aliphatic hydroxyl groups excluding tert-OH is 1. The first-order valence-corrected chi connectivity index (χ1v) is 10.9. The molecule has 0 spiro atoms. The number of rotatable bonds is 9. The number of aromatic nitrogens is 4. The van der Waals surface area contributed by atoms with Crippen LogP contribution in [0.25, 0.3) is 11.5 Å². The topological polar surface area (TPSA) is 251 Å². The monoisotopic (exact) mass is 518 g/mol. The quantitative estimate of drug-likeness (QED) is 0.156. The molecule has 3 aromatic rings. The molecule has 16 nitrogen and oxygen atoms in total. The molecular weight excluding hydrogens is 492 g/mol. The zero-order chi connectivity index (χ0) is 27.0. The molecule has 9 N–H and O–H groups in total. The molecule has 0 radical (unpaired) electrons. The summed E-state index contributed by atoms with van der Waals surface area (Å²) in [4.78, 5) is 28.5. The first kappa shape index (κ1) is 27.4. The number of nitrogens with two attached hydrogens (primary N) is 1. The number of anilines is 3. The molecule has 4 rings (SSSR count). The molecule has 2 aromatic heterocycles. The Balaban J connectivity index is 0.000000886. The van der Waals surface area contributed by atoms with E-state index in [-0.39, 0.29) is 41.6 Å². The third-order valence-electron chi connectivity index (χ3n) is 4.70. The lowest BCUT2D eigenvalue weighted by molar-refractivity contribution is -0.323. The van der Waals surface area contributed by atoms with Gasteiger partial charge in [0.05, 0.1) is 30.7 Å². The Morgan fingerprint density at radius 2 is 1.95 bits per heavy atom. The summed E-state index contributed by atoms with van der Waals surface area (Å²) in [7, 11) is 1.41. The highest BCUT2D eigenvalue weighted by Gasteiger charge is 2.31. The van der Waals surface area contributed by atoms with E-state index in [4.69, 9.17) is 35.4 Å². The molecule has 0 bridgehead atoms. The van der Waals surface area contributed by atoms with Gasteiger partial charge < -0.3 is 46.1 Å². The van der Waals surface area contributed by atoms with Crippen molar-refractivity contribution >= 4 is 29.0 Å². The van der Waals surface area contributed by atoms with E-state index >= 15 is 0 Å². The van der Waals surface area contributed by atoms with Crippen molar-refractivity contribution in [2.75, 3.05) is 30.9 Å². The molecule has 1 fully saturated rings. The van der Waals surface area contributed by atoms with Gasteiger partial charge in [0.25, 0.3) is 11.8 Å². The second-order valence-corrected chi connectivity index (χ2v) is 7.62. The SMILES string of the molecule is COc1c(Nc2cc(NC(=O)C3CC3)nnc2C(=O)NC(O)(O)O)cccc1-c1ncno1.NCCO. The summed E-state index contributed by atoms with van der Waals surface area (Å²) in [5.41, 5.74) is 5.18. The maximum atomic E-state index is 12.4. The van der Waals surface area contributed by atoms with Crippen LogP contribution >= 0.6 is 0 Å². The average molecular weight is 518 g/mol. The van der Waals surface area contributed by atoms with Crippen molar-refractivity contribution in [2.24, 2.45) is 11.7 Å². The van der Waals surface area contributed by atoms with Crippen LogP contribution in [-0.2, 0) is 4.79 Å². The second-order valence-electron chi connectivity index (χ2n) is 7.62. The molecule has 1 aliphatic rings. The van der Waals surface area contributed by atoms with Gasteiger partial charge in [0, 0.05) is 18.5 Å². The summed E-state index contributed by atoms with van der Waals surface area (Å²) in [6, 6.07) is 6.29. The highest BCUT2D eigenvalue weighted by molar-refractivity contribution is 6.00. The second kappa shape index (κ2) is 12.2. The standard InChI is InChI=1S/C19H19N7O7.C2H7NO/c1-32-15-10(18-20-8-21-33-18)3-2-4-11(15)22-12-7-13(23-16(27)9-5-6-9)25-26-14(12)17(28)24-19(29,30)31;3-1-2-4/h2-4,7-9,29-31H,5-6H2,1H3,(H,24,28)(H2,22,23,25,27);4H,1-3H2. The fourth-order valence-electron chi connectivity index (χ4n) is 2.96. The Kier molecular flexibility index (Phi) is 8.99. The van der Waals surface area contributed by atoms with Gasteiger partial charge in [-0.1, -0.05) is 11.2 Å². The molecule has 0 unspecified atom stereocenters. The van der Waals surface area contributed by atoms with Crippen LogP contribution in [0.4, 0.5) is 17.2 Å². The molecule has 0 aliphatic heterocycles. The van der Waals surface area contributed by atoms with Crippen molar-refractivity contribution in [3.63, 3.8) is 0 Å². The van der Waals surface area contributed by atoms with Crippen LogP contribution in [0, 0.1) is 5.92 Å². The van der Waals surface area contributed by atoms with E-state index in [1.54, 1.807) is 23.5 Å². The number of amides is 2. The number of nitrogens with zero attached hydrogens (tertiary/aromatic N) is 4. The van der Waals surface area contributed by atoms with Gasteiger partial charge in [-0.15, -0.1) is 10.2 Å². The zero-order valence-electron chi connectivity index (χ0n) is 19.6. The molecule has 0 atom stereocenters. The van der Waals surface area contributed by atoms with Gasteiger partial charge in [0.1, 0.15) is 0 Å². The van der Waals surface area contributed by atoms with Crippen molar-refractivity contribution in [1.82, 2.24) is 25.7 Å². The Labute approximate surface area is 209 Å². The Hall–Kier alpha value is -4.22. The fourth-order valence-corrected chi connectivity index (χ4v) is 2.96. The number of hydrogen-bond acceptors (Lipinski definition) is 14. The summed E-state index contributed by atoms with van der Waals surface area (Å²) in [5, 5.41) is 53.3. The van der Waals surface area contributed by atoms with E-state index < -0.39 is 17.7 Å². The fraction of sp³-hybridized carbons (Fsp3) is 0.333. The summed E-state index contributed by atoms with van der Waals surface area (Å²) >= 11 is 0. The molecule has 1 aliphatic carbocycles. The third kappa shape index (κ3) is 7.63. The van der Waals surface area contributed by atoms with Crippen molar-refractivity contribution in [3.05, 3.63) is 36.3 Å². The molecule has 198 valence electrons. The highest BCUT2D eigenvalue weighted by Crippen LogP contribution is 2.37. The van der Waals surface area contributed by atoms with Crippen molar-refractivity contribution in [2.45, 2.75) is 18.9 Å². The van der Waals surface area contributed by atoms with Crippen LogP contribution in [0.5, 0.6) is 5.75 Å². The van der Waals surface area contributed by atoms with Crippen LogP contribution in [-0.4, -0.2) is 78.9 Å². The minimum atomic E-state index is -3.48. The van der Waals surface area contributed by atoms with Gasteiger partial charge >= 0.3 is 6.10 Å². The molecule has 16 heteroatoms. The van der Waals surface area contributed by atoms with Gasteiger partial charge in [-0.3, -0.25) is 14.9 Å². The largest absolute Gasteiger partial charge is 0.494 e. The van der Waals surface area contributed by atoms with E-state index in [1.807, 2.05) is 0 Å². The summed E-state index contributed by atoms with van der Waals surface area (Å²) in [6.07, 6.45) is -0.708. The first-order chi connectivity index (χ1) is 17.7. The van der Waals surface area contributed by atoms with E-state index in [0.717, 1.165) is 12.8 Å².